The standard InChI is InChI=1S/C16H21NO4S/c1-21-16(18)15-14-9-5-8-13(14)10-17(15)22(19,20)11-12-6-3-2-4-7-12/h2-4,6-7,13-15H,5,8-11H2,1H3/t13-,14-,15+/m1/s1. The molecule has 0 aromatic heterocycles. The summed E-state index contributed by atoms with van der Waals surface area (Å²) in [6, 6.07) is 8.44. The number of esters is 1. The molecule has 3 rings (SSSR count). The molecule has 5 nitrogen and oxygen atoms in total. The first-order valence-electron chi connectivity index (χ1n) is 7.64. The molecule has 2 aliphatic rings. The zero-order valence-corrected chi connectivity index (χ0v) is 13.5. The number of hydrogen-bond acceptors (Lipinski definition) is 4. The van der Waals surface area contributed by atoms with Crippen molar-refractivity contribution in [1.82, 2.24) is 4.31 Å². The molecule has 0 spiro atoms. The fourth-order valence-corrected chi connectivity index (χ4v) is 5.62. The maximum atomic E-state index is 12.8. The first-order chi connectivity index (χ1) is 10.5. The van der Waals surface area contributed by atoms with Crippen LogP contribution in [0.1, 0.15) is 24.8 Å². The molecule has 1 heterocycles. The van der Waals surface area contributed by atoms with Crippen molar-refractivity contribution in [2.45, 2.75) is 31.1 Å². The summed E-state index contributed by atoms with van der Waals surface area (Å²) >= 11 is 0. The number of rotatable bonds is 4. The lowest BCUT2D eigenvalue weighted by molar-refractivity contribution is -0.145. The largest absolute Gasteiger partial charge is 0.468 e. The predicted octanol–water partition coefficient (Wildman–Crippen LogP) is 1.79. The van der Waals surface area contributed by atoms with Crippen LogP contribution in [0.5, 0.6) is 0 Å². The van der Waals surface area contributed by atoms with E-state index in [0.29, 0.717) is 6.54 Å². The average molecular weight is 323 g/mol. The quantitative estimate of drug-likeness (QED) is 0.793. The van der Waals surface area contributed by atoms with Gasteiger partial charge in [-0.3, -0.25) is 4.79 Å². The Morgan fingerprint density at radius 2 is 2.00 bits per heavy atom. The Morgan fingerprint density at radius 1 is 1.27 bits per heavy atom. The van der Waals surface area contributed by atoms with E-state index in [4.69, 9.17) is 4.74 Å². The van der Waals surface area contributed by atoms with E-state index in [9.17, 15) is 13.2 Å². The van der Waals surface area contributed by atoms with Gasteiger partial charge >= 0.3 is 5.97 Å². The third-order valence-electron chi connectivity index (χ3n) is 4.84. The molecule has 0 unspecified atom stereocenters. The van der Waals surface area contributed by atoms with Crippen molar-refractivity contribution in [3.05, 3.63) is 35.9 Å². The molecular weight excluding hydrogens is 302 g/mol. The van der Waals surface area contributed by atoms with Gasteiger partial charge in [0.2, 0.25) is 10.0 Å². The van der Waals surface area contributed by atoms with E-state index in [1.54, 1.807) is 12.1 Å². The molecule has 0 radical (unpaired) electrons. The third-order valence-corrected chi connectivity index (χ3v) is 6.63. The fraction of sp³-hybridized carbons (Fsp3) is 0.562. The van der Waals surface area contributed by atoms with E-state index >= 15 is 0 Å². The zero-order valence-electron chi connectivity index (χ0n) is 12.6. The van der Waals surface area contributed by atoms with Crippen LogP contribution in [0.3, 0.4) is 0 Å². The topological polar surface area (TPSA) is 63.7 Å². The van der Waals surface area contributed by atoms with Crippen LogP contribution in [0, 0.1) is 11.8 Å². The molecular formula is C16H21NO4S. The summed E-state index contributed by atoms with van der Waals surface area (Å²) < 4.78 is 31.8. The van der Waals surface area contributed by atoms with Crippen LogP contribution < -0.4 is 0 Å². The summed E-state index contributed by atoms with van der Waals surface area (Å²) in [6.07, 6.45) is 2.96. The first-order valence-corrected chi connectivity index (χ1v) is 9.25. The van der Waals surface area contributed by atoms with Gasteiger partial charge in [-0.05, 0) is 30.2 Å². The number of nitrogens with zero attached hydrogens (tertiary/aromatic N) is 1. The monoisotopic (exact) mass is 323 g/mol. The van der Waals surface area contributed by atoms with Crippen LogP contribution in [0.25, 0.3) is 0 Å². The van der Waals surface area contributed by atoms with Crippen molar-refractivity contribution in [1.29, 1.82) is 0 Å². The summed E-state index contributed by atoms with van der Waals surface area (Å²) in [5.41, 5.74) is 0.739. The minimum absolute atomic E-state index is 0.0687. The minimum Gasteiger partial charge on any atom is -0.468 e. The second-order valence-electron chi connectivity index (χ2n) is 6.13. The van der Waals surface area contributed by atoms with Gasteiger partial charge in [0.15, 0.2) is 0 Å². The van der Waals surface area contributed by atoms with Gasteiger partial charge in [-0.1, -0.05) is 36.8 Å². The lowest BCUT2D eigenvalue weighted by Crippen LogP contribution is -2.44. The smallest absolute Gasteiger partial charge is 0.324 e. The van der Waals surface area contributed by atoms with E-state index < -0.39 is 22.0 Å². The lowest BCUT2D eigenvalue weighted by atomic mass is 9.94. The maximum Gasteiger partial charge on any atom is 0.324 e. The van der Waals surface area contributed by atoms with Gasteiger partial charge in [0.25, 0.3) is 0 Å². The van der Waals surface area contributed by atoms with Gasteiger partial charge in [0.05, 0.1) is 12.9 Å². The Kier molecular flexibility index (Phi) is 4.23. The van der Waals surface area contributed by atoms with Crippen LogP contribution in [-0.2, 0) is 25.3 Å². The van der Waals surface area contributed by atoms with Crippen LogP contribution >= 0.6 is 0 Å². The highest BCUT2D eigenvalue weighted by Crippen LogP contribution is 2.44. The molecule has 1 aliphatic heterocycles. The van der Waals surface area contributed by atoms with Gasteiger partial charge in [-0.15, -0.1) is 0 Å². The molecule has 2 fully saturated rings. The van der Waals surface area contributed by atoms with E-state index in [1.165, 1.54) is 11.4 Å². The summed E-state index contributed by atoms with van der Waals surface area (Å²) in [4.78, 5) is 12.1. The van der Waals surface area contributed by atoms with Crippen molar-refractivity contribution < 1.29 is 17.9 Å². The molecule has 1 aromatic carbocycles. The molecule has 0 amide bonds. The highest BCUT2D eigenvalue weighted by Gasteiger charge is 2.52. The van der Waals surface area contributed by atoms with Gasteiger partial charge in [0.1, 0.15) is 6.04 Å². The number of sulfonamides is 1. The summed E-state index contributed by atoms with van der Waals surface area (Å²) in [7, 11) is -2.20. The highest BCUT2D eigenvalue weighted by atomic mass is 32.2. The van der Waals surface area contributed by atoms with Gasteiger partial charge in [-0.25, -0.2) is 8.42 Å². The molecule has 1 saturated carbocycles. The Morgan fingerprint density at radius 3 is 2.68 bits per heavy atom. The Balaban J connectivity index is 1.86. The summed E-state index contributed by atoms with van der Waals surface area (Å²) in [6.45, 7) is 0.444. The van der Waals surface area contributed by atoms with Crippen LogP contribution in [0.2, 0.25) is 0 Å². The number of hydrogen-bond donors (Lipinski definition) is 0. The number of carbonyl (C=O) groups excluding carboxylic acids is 1. The normalized spacial score (nSPS) is 28.5. The van der Waals surface area contributed by atoms with E-state index in [-0.39, 0.29) is 17.6 Å². The SMILES string of the molecule is COC(=O)[C@@H]1[C@@H]2CCC[C@@H]2CN1S(=O)(=O)Cc1ccccc1. The van der Waals surface area contributed by atoms with Gasteiger partial charge < -0.3 is 4.74 Å². The van der Waals surface area contributed by atoms with Crippen LogP contribution in [0.4, 0.5) is 0 Å². The predicted molar refractivity (Wildman–Crippen MR) is 82.4 cm³/mol. The number of fused-ring (bicyclic) bond motifs is 1. The molecule has 3 atom stereocenters. The van der Waals surface area contributed by atoms with E-state index in [1.807, 2.05) is 18.2 Å². The molecule has 0 bridgehead atoms. The third kappa shape index (κ3) is 2.77. The Hall–Kier alpha value is -1.40. The maximum absolute atomic E-state index is 12.8. The summed E-state index contributed by atoms with van der Waals surface area (Å²) in [5, 5.41) is 0. The van der Waals surface area contributed by atoms with Crippen molar-refractivity contribution in [2.24, 2.45) is 11.8 Å². The van der Waals surface area contributed by atoms with Gasteiger partial charge in [-0.2, -0.15) is 4.31 Å². The molecule has 0 N–H and O–H groups in total. The Bertz CT molecular complexity index is 643. The highest BCUT2D eigenvalue weighted by molar-refractivity contribution is 7.88. The number of benzene rings is 1. The van der Waals surface area contributed by atoms with Crippen molar-refractivity contribution in [3.8, 4) is 0 Å². The molecule has 1 saturated heterocycles. The van der Waals surface area contributed by atoms with E-state index in [0.717, 1.165) is 24.8 Å². The van der Waals surface area contributed by atoms with Crippen LogP contribution in [0.15, 0.2) is 30.3 Å². The zero-order chi connectivity index (χ0) is 15.7. The number of carbonyl (C=O) groups is 1. The van der Waals surface area contributed by atoms with Crippen molar-refractivity contribution in [3.63, 3.8) is 0 Å². The number of methoxy groups -OCH3 is 1. The Labute approximate surface area is 131 Å². The van der Waals surface area contributed by atoms with Gasteiger partial charge in [0, 0.05) is 6.54 Å². The molecule has 22 heavy (non-hydrogen) atoms. The minimum atomic E-state index is -3.53. The van der Waals surface area contributed by atoms with E-state index in [2.05, 4.69) is 0 Å². The summed E-state index contributed by atoms with van der Waals surface area (Å²) in [5.74, 6) is -0.0977. The molecule has 1 aromatic rings. The van der Waals surface area contributed by atoms with Crippen molar-refractivity contribution in [2.75, 3.05) is 13.7 Å². The first kappa shape index (κ1) is 15.5. The van der Waals surface area contributed by atoms with Crippen LogP contribution in [-0.4, -0.2) is 38.4 Å². The second kappa shape index (κ2) is 6.01. The van der Waals surface area contributed by atoms with Crippen molar-refractivity contribution >= 4 is 16.0 Å². The number of ether oxygens (including phenoxy) is 1. The fourth-order valence-electron chi connectivity index (χ4n) is 3.83. The molecule has 6 heteroatoms. The lowest BCUT2D eigenvalue weighted by Gasteiger charge is -2.25. The average Bonchev–Trinajstić information content (AvgIpc) is 3.07. The molecule has 120 valence electrons. The second-order valence-corrected chi connectivity index (χ2v) is 8.06. The molecule has 1 aliphatic carbocycles.